The van der Waals surface area contributed by atoms with Gasteiger partial charge in [-0.15, -0.1) is 11.3 Å². The second-order valence-electron chi connectivity index (χ2n) is 4.04. The van der Waals surface area contributed by atoms with Crippen molar-refractivity contribution in [1.29, 1.82) is 0 Å². The summed E-state index contributed by atoms with van der Waals surface area (Å²) in [6, 6.07) is 6.33. The van der Waals surface area contributed by atoms with Crippen LogP contribution >= 0.6 is 11.3 Å². The largest absolute Gasteiger partial charge is 0.383 e. The maximum absolute atomic E-state index is 5.00. The summed E-state index contributed by atoms with van der Waals surface area (Å²) in [7, 11) is 1.72. The van der Waals surface area contributed by atoms with Gasteiger partial charge in [0.05, 0.1) is 12.3 Å². The molecular weight excluding hydrogens is 246 g/mol. The van der Waals surface area contributed by atoms with Crippen molar-refractivity contribution in [3.63, 3.8) is 0 Å². The molecule has 0 aliphatic heterocycles. The lowest BCUT2D eigenvalue weighted by Crippen LogP contribution is -2.21. The topological polar surface area (TPSA) is 39.1 Å². The van der Waals surface area contributed by atoms with Crippen molar-refractivity contribution < 1.29 is 4.74 Å². The Morgan fingerprint density at radius 2 is 2.39 bits per heavy atom. The Kier molecular flexibility index (Phi) is 5.38. The number of hydrogen-bond acceptors (Lipinski definition) is 4. The summed E-state index contributed by atoms with van der Waals surface area (Å²) in [4.78, 5) is 1.41. The highest BCUT2D eigenvalue weighted by Gasteiger charge is 2.02. The molecule has 0 atom stereocenters. The van der Waals surface area contributed by atoms with Crippen LogP contribution in [0.5, 0.6) is 0 Å². The Morgan fingerprint density at radius 3 is 3.17 bits per heavy atom. The van der Waals surface area contributed by atoms with E-state index < -0.39 is 0 Å². The highest BCUT2D eigenvalue weighted by Crippen LogP contribution is 2.10. The third-order valence-electron chi connectivity index (χ3n) is 2.74. The zero-order valence-corrected chi connectivity index (χ0v) is 11.4. The van der Waals surface area contributed by atoms with Gasteiger partial charge in [0, 0.05) is 44.2 Å². The number of thiophene rings is 1. The van der Waals surface area contributed by atoms with Gasteiger partial charge in [0.2, 0.25) is 0 Å². The highest BCUT2D eigenvalue weighted by molar-refractivity contribution is 7.09. The van der Waals surface area contributed by atoms with Crippen LogP contribution in [0.4, 0.5) is 0 Å². The molecule has 0 unspecified atom stereocenters. The van der Waals surface area contributed by atoms with Crippen molar-refractivity contribution in [2.24, 2.45) is 0 Å². The molecular formula is C13H19N3OS. The van der Waals surface area contributed by atoms with Crippen LogP contribution in [0.1, 0.15) is 10.6 Å². The van der Waals surface area contributed by atoms with Gasteiger partial charge in [-0.3, -0.25) is 4.68 Å². The van der Waals surface area contributed by atoms with Crippen molar-refractivity contribution in [2.45, 2.75) is 19.5 Å². The molecule has 0 aromatic carbocycles. The van der Waals surface area contributed by atoms with Crippen molar-refractivity contribution >= 4 is 11.3 Å². The number of aryl methyl sites for hydroxylation is 2. The lowest BCUT2D eigenvalue weighted by Gasteiger charge is -2.08. The predicted molar refractivity (Wildman–Crippen MR) is 73.8 cm³/mol. The van der Waals surface area contributed by atoms with E-state index in [0.717, 1.165) is 32.7 Å². The molecule has 2 rings (SSSR count). The van der Waals surface area contributed by atoms with E-state index in [2.05, 4.69) is 38.7 Å². The summed E-state index contributed by atoms with van der Waals surface area (Å²) in [5.74, 6) is 0. The number of nitrogens with one attached hydrogen (secondary N) is 1. The van der Waals surface area contributed by atoms with Crippen molar-refractivity contribution in [3.05, 3.63) is 40.3 Å². The maximum Gasteiger partial charge on any atom is 0.0587 e. The molecule has 2 aromatic heterocycles. The average molecular weight is 265 g/mol. The maximum atomic E-state index is 5.00. The molecule has 18 heavy (non-hydrogen) atoms. The van der Waals surface area contributed by atoms with E-state index in [1.807, 2.05) is 6.20 Å². The van der Waals surface area contributed by atoms with Crippen LogP contribution in [0.2, 0.25) is 0 Å². The van der Waals surface area contributed by atoms with E-state index in [9.17, 15) is 0 Å². The molecule has 0 spiro atoms. The van der Waals surface area contributed by atoms with Gasteiger partial charge in [-0.1, -0.05) is 6.07 Å². The van der Waals surface area contributed by atoms with Gasteiger partial charge in [-0.2, -0.15) is 5.10 Å². The minimum absolute atomic E-state index is 0.739. The summed E-state index contributed by atoms with van der Waals surface area (Å²) in [5, 5.41) is 9.82. The van der Waals surface area contributed by atoms with Gasteiger partial charge in [0.1, 0.15) is 0 Å². The van der Waals surface area contributed by atoms with E-state index in [4.69, 9.17) is 4.74 Å². The Balaban J connectivity index is 1.79. The van der Waals surface area contributed by atoms with Gasteiger partial charge in [0.25, 0.3) is 0 Å². The fourth-order valence-corrected chi connectivity index (χ4v) is 2.47. The summed E-state index contributed by atoms with van der Waals surface area (Å²) >= 11 is 1.80. The summed E-state index contributed by atoms with van der Waals surface area (Å²) < 4.78 is 7.07. The molecule has 4 nitrogen and oxygen atoms in total. The SMILES string of the molecule is COCCNCc1ccnn1CCc1cccs1. The second kappa shape index (κ2) is 7.31. The van der Waals surface area contributed by atoms with Crippen molar-refractivity contribution in [2.75, 3.05) is 20.3 Å². The van der Waals surface area contributed by atoms with E-state index in [-0.39, 0.29) is 0 Å². The Hall–Kier alpha value is -1.17. The molecule has 0 fully saturated rings. The molecule has 98 valence electrons. The van der Waals surface area contributed by atoms with Crippen molar-refractivity contribution in [3.8, 4) is 0 Å². The Bertz CT molecular complexity index is 439. The molecule has 0 aliphatic carbocycles. The first kappa shape index (κ1) is 13.3. The van der Waals surface area contributed by atoms with Gasteiger partial charge < -0.3 is 10.1 Å². The van der Waals surface area contributed by atoms with Gasteiger partial charge in [0.15, 0.2) is 0 Å². The zero-order chi connectivity index (χ0) is 12.6. The van der Waals surface area contributed by atoms with Gasteiger partial charge >= 0.3 is 0 Å². The number of hydrogen-bond donors (Lipinski definition) is 1. The van der Waals surface area contributed by atoms with Crippen LogP contribution in [-0.2, 0) is 24.2 Å². The minimum atomic E-state index is 0.739. The van der Waals surface area contributed by atoms with E-state index >= 15 is 0 Å². The summed E-state index contributed by atoms with van der Waals surface area (Å²) in [6.45, 7) is 3.39. The fraction of sp³-hybridized carbons (Fsp3) is 0.462. The standard InChI is InChI=1S/C13H19N3OS/c1-17-9-7-14-11-12-4-6-15-16(12)8-5-13-3-2-10-18-13/h2-4,6,10,14H,5,7-9,11H2,1H3. The van der Waals surface area contributed by atoms with Crippen LogP contribution in [0, 0.1) is 0 Å². The first-order chi connectivity index (χ1) is 8.90. The Labute approximate surface area is 112 Å². The summed E-state index contributed by atoms with van der Waals surface area (Å²) in [5.41, 5.74) is 1.22. The molecule has 0 amide bonds. The first-order valence-electron chi connectivity index (χ1n) is 6.13. The lowest BCUT2D eigenvalue weighted by atomic mass is 10.3. The molecule has 1 N–H and O–H groups in total. The van der Waals surface area contributed by atoms with E-state index in [1.54, 1.807) is 18.4 Å². The third kappa shape index (κ3) is 3.94. The third-order valence-corrected chi connectivity index (χ3v) is 3.68. The first-order valence-corrected chi connectivity index (χ1v) is 7.01. The van der Waals surface area contributed by atoms with Gasteiger partial charge in [-0.05, 0) is 17.5 Å². The van der Waals surface area contributed by atoms with E-state index in [1.165, 1.54) is 10.6 Å². The van der Waals surface area contributed by atoms with Crippen molar-refractivity contribution in [1.82, 2.24) is 15.1 Å². The number of rotatable bonds is 8. The molecule has 2 heterocycles. The molecule has 0 saturated carbocycles. The minimum Gasteiger partial charge on any atom is -0.383 e. The molecule has 5 heteroatoms. The average Bonchev–Trinajstić information content (AvgIpc) is 3.03. The number of methoxy groups -OCH3 is 1. The smallest absolute Gasteiger partial charge is 0.0587 e. The fourth-order valence-electron chi connectivity index (χ4n) is 1.77. The molecule has 0 saturated heterocycles. The zero-order valence-electron chi connectivity index (χ0n) is 10.6. The summed E-state index contributed by atoms with van der Waals surface area (Å²) in [6.07, 6.45) is 2.91. The van der Waals surface area contributed by atoms with E-state index in [0.29, 0.717) is 0 Å². The van der Waals surface area contributed by atoms with Gasteiger partial charge in [-0.25, -0.2) is 0 Å². The monoisotopic (exact) mass is 265 g/mol. The highest BCUT2D eigenvalue weighted by atomic mass is 32.1. The van der Waals surface area contributed by atoms with Crippen LogP contribution in [0.3, 0.4) is 0 Å². The Morgan fingerprint density at radius 1 is 1.44 bits per heavy atom. The van der Waals surface area contributed by atoms with Crippen LogP contribution in [-0.4, -0.2) is 30.0 Å². The lowest BCUT2D eigenvalue weighted by molar-refractivity contribution is 0.199. The van der Waals surface area contributed by atoms with Crippen LogP contribution in [0.15, 0.2) is 29.8 Å². The molecule has 0 bridgehead atoms. The number of nitrogens with zero attached hydrogens (tertiary/aromatic N) is 2. The van der Waals surface area contributed by atoms with Crippen LogP contribution < -0.4 is 5.32 Å². The molecule has 2 aromatic rings. The molecule has 0 radical (unpaired) electrons. The quantitative estimate of drug-likeness (QED) is 0.741. The number of aromatic nitrogens is 2. The van der Waals surface area contributed by atoms with Crippen LogP contribution in [0.25, 0.3) is 0 Å². The predicted octanol–water partition coefficient (Wildman–Crippen LogP) is 1.92. The normalized spacial score (nSPS) is 10.9. The number of ether oxygens (including phenoxy) is 1. The second-order valence-corrected chi connectivity index (χ2v) is 5.08. The molecule has 0 aliphatic rings.